The lowest BCUT2D eigenvalue weighted by atomic mass is 10.1. The standard InChI is InChI=1S/C22H19Br2N3O/c1-27(2)7-8-28-22-20-16(14-9-12(23)3-5-18(14)25-20)11-17-15-10-13(24)4-6-19(15)26-21(17)22/h3-6,9-11,25-26H,7-8H2,1-2H3. The first kappa shape index (κ1) is 18.0. The van der Waals surface area contributed by atoms with Gasteiger partial charge in [-0.3, -0.25) is 0 Å². The summed E-state index contributed by atoms with van der Waals surface area (Å²) in [6.07, 6.45) is 0. The summed E-state index contributed by atoms with van der Waals surface area (Å²) in [5, 5.41) is 4.72. The van der Waals surface area contributed by atoms with Crippen LogP contribution >= 0.6 is 31.9 Å². The SMILES string of the molecule is CN(C)CCOc1c2[nH]c3ccc(Br)cc3c2cc2c1[nH]c1ccc(Br)cc12. The third-order valence-corrected chi connectivity index (χ3v) is 6.12. The van der Waals surface area contributed by atoms with Gasteiger partial charge >= 0.3 is 0 Å². The molecule has 0 aliphatic carbocycles. The van der Waals surface area contributed by atoms with Crippen LogP contribution in [0.15, 0.2) is 51.4 Å². The number of benzene rings is 3. The van der Waals surface area contributed by atoms with Gasteiger partial charge in [-0.05, 0) is 56.6 Å². The van der Waals surface area contributed by atoms with Crippen molar-refractivity contribution in [2.45, 2.75) is 0 Å². The molecule has 0 bridgehead atoms. The summed E-state index contributed by atoms with van der Waals surface area (Å²) in [6, 6.07) is 14.9. The summed E-state index contributed by atoms with van der Waals surface area (Å²) in [7, 11) is 4.11. The van der Waals surface area contributed by atoms with Crippen molar-refractivity contribution >= 4 is 75.5 Å². The van der Waals surface area contributed by atoms with Gasteiger partial charge in [0.05, 0.1) is 11.0 Å². The zero-order chi connectivity index (χ0) is 19.4. The van der Waals surface area contributed by atoms with Crippen molar-refractivity contribution in [2.75, 3.05) is 27.2 Å². The number of halogens is 2. The van der Waals surface area contributed by atoms with Gasteiger partial charge in [0.15, 0.2) is 5.75 Å². The lowest BCUT2D eigenvalue weighted by Gasteiger charge is -2.12. The van der Waals surface area contributed by atoms with E-state index in [0.717, 1.165) is 43.3 Å². The number of ether oxygens (including phenoxy) is 1. The lowest BCUT2D eigenvalue weighted by Crippen LogP contribution is -2.19. The summed E-state index contributed by atoms with van der Waals surface area (Å²) < 4.78 is 8.47. The number of aromatic nitrogens is 2. The first-order valence-corrected chi connectivity index (χ1v) is 10.7. The molecule has 0 saturated heterocycles. The van der Waals surface area contributed by atoms with Crippen LogP contribution in [0.1, 0.15) is 0 Å². The highest BCUT2D eigenvalue weighted by molar-refractivity contribution is 9.10. The molecule has 2 N–H and O–H groups in total. The lowest BCUT2D eigenvalue weighted by molar-refractivity contribution is 0.265. The van der Waals surface area contributed by atoms with Crippen molar-refractivity contribution in [2.24, 2.45) is 0 Å². The first-order chi connectivity index (χ1) is 13.5. The number of hydrogen-bond acceptors (Lipinski definition) is 2. The van der Waals surface area contributed by atoms with Gasteiger partial charge in [-0.15, -0.1) is 0 Å². The molecule has 5 rings (SSSR count). The molecule has 5 aromatic rings. The maximum absolute atomic E-state index is 6.34. The fourth-order valence-electron chi connectivity index (χ4n) is 3.77. The van der Waals surface area contributed by atoms with Crippen LogP contribution in [0.3, 0.4) is 0 Å². The molecule has 2 heterocycles. The molecule has 142 valence electrons. The number of hydrogen-bond donors (Lipinski definition) is 2. The molecule has 0 unspecified atom stereocenters. The Hall–Kier alpha value is -2.02. The molecular formula is C22H19Br2N3O. The Morgan fingerprint density at radius 3 is 1.82 bits per heavy atom. The Kier molecular flexibility index (Phi) is 4.38. The smallest absolute Gasteiger partial charge is 0.167 e. The van der Waals surface area contributed by atoms with E-state index in [4.69, 9.17) is 4.74 Å². The predicted octanol–water partition coefficient (Wildman–Crippen LogP) is 6.42. The van der Waals surface area contributed by atoms with Gasteiger partial charge < -0.3 is 19.6 Å². The number of fused-ring (bicyclic) bond motifs is 6. The highest BCUT2D eigenvalue weighted by Crippen LogP contribution is 2.41. The Morgan fingerprint density at radius 2 is 1.32 bits per heavy atom. The van der Waals surface area contributed by atoms with E-state index in [1.165, 1.54) is 21.5 Å². The van der Waals surface area contributed by atoms with E-state index in [9.17, 15) is 0 Å². The maximum Gasteiger partial charge on any atom is 0.167 e. The number of likely N-dealkylation sites (N-methyl/N-ethyl adjacent to an activating group) is 1. The fourth-order valence-corrected chi connectivity index (χ4v) is 4.49. The zero-order valence-corrected chi connectivity index (χ0v) is 18.7. The van der Waals surface area contributed by atoms with E-state index in [-0.39, 0.29) is 0 Å². The molecule has 0 amide bonds. The highest BCUT2D eigenvalue weighted by Gasteiger charge is 2.18. The normalized spacial score (nSPS) is 12.2. The molecule has 2 aromatic heterocycles. The Balaban J connectivity index is 1.86. The first-order valence-electron chi connectivity index (χ1n) is 9.13. The summed E-state index contributed by atoms with van der Waals surface area (Å²) in [5.74, 6) is 0.883. The molecule has 6 heteroatoms. The van der Waals surface area contributed by atoms with Gasteiger partial charge in [-0.25, -0.2) is 0 Å². The Bertz CT molecular complexity index is 1260. The summed E-state index contributed by atoms with van der Waals surface area (Å²) in [5.41, 5.74) is 4.28. The van der Waals surface area contributed by atoms with E-state index < -0.39 is 0 Å². The van der Waals surface area contributed by atoms with Crippen LogP contribution in [-0.4, -0.2) is 42.1 Å². The van der Waals surface area contributed by atoms with Gasteiger partial charge in [-0.1, -0.05) is 31.9 Å². The Morgan fingerprint density at radius 1 is 0.786 bits per heavy atom. The molecule has 4 nitrogen and oxygen atoms in total. The molecule has 0 atom stereocenters. The van der Waals surface area contributed by atoms with Gasteiger partial charge in [0.1, 0.15) is 6.61 Å². The van der Waals surface area contributed by atoms with Crippen LogP contribution in [-0.2, 0) is 0 Å². The molecule has 0 aliphatic heterocycles. The van der Waals surface area contributed by atoms with E-state index in [0.29, 0.717) is 6.61 Å². The van der Waals surface area contributed by atoms with Crippen molar-refractivity contribution in [1.29, 1.82) is 0 Å². The monoisotopic (exact) mass is 499 g/mol. The van der Waals surface area contributed by atoms with E-state index in [1.54, 1.807) is 0 Å². The van der Waals surface area contributed by atoms with Gasteiger partial charge in [-0.2, -0.15) is 0 Å². The van der Waals surface area contributed by atoms with Crippen LogP contribution < -0.4 is 4.74 Å². The number of nitrogens with zero attached hydrogens (tertiary/aromatic N) is 1. The van der Waals surface area contributed by atoms with Crippen LogP contribution in [0.5, 0.6) is 5.75 Å². The second kappa shape index (κ2) is 6.79. The van der Waals surface area contributed by atoms with Crippen molar-refractivity contribution in [3.8, 4) is 5.75 Å². The van der Waals surface area contributed by atoms with Gasteiger partial charge in [0.25, 0.3) is 0 Å². The largest absolute Gasteiger partial charge is 0.488 e. The van der Waals surface area contributed by atoms with Gasteiger partial charge in [0.2, 0.25) is 0 Å². The summed E-state index contributed by atoms with van der Waals surface area (Å²) in [4.78, 5) is 9.27. The molecule has 0 radical (unpaired) electrons. The van der Waals surface area contributed by atoms with Crippen molar-refractivity contribution < 1.29 is 4.74 Å². The quantitative estimate of drug-likeness (QED) is 0.299. The van der Waals surface area contributed by atoms with Gasteiger partial charge in [0, 0.05) is 48.1 Å². The van der Waals surface area contributed by atoms with E-state index in [1.807, 2.05) is 0 Å². The number of nitrogens with one attached hydrogen (secondary N) is 2. The minimum atomic E-state index is 0.624. The number of H-pyrrole nitrogens is 2. The molecule has 0 fully saturated rings. The van der Waals surface area contributed by atoms with E-state index in [2.05, 4.69) is 103 Å². The molecule has 0 saturated carbocycles. The minimum absolute atomic E-state index is 0.624. The number of rotatable bonds is 4. The summed E-state index contributed by atoms with van der Waals surface area (Å²) >= 11 is 7.22. The van der Waals surface area contributed by atoms with Crippen LogP contribution in [0, 0.1) is 0 Å². The second-order valence-electron chi connectivity index (χ2n) is 7.33. The van der Waals surface area contributed by atoms with Crippen molar-refractivity contribution in [3.63, 3.8) is 0 Å². The van der Waals surface area contributed by atoms with Crippen molar-refractivity contribution in [3.05, 3.63) is 51.4 Å². The van der Waals surface area contributed by atoms with Crippen molar-refractivity contribution in [1.82, 2.24) is 14.9 Å². The van der Waals surface area contributed by atoms with E-state index >= 15 is 0 Å². The maximum atomic E-state index is 6.34. The third kappa shape index (κ3) is 2.91. The topological polar surface area (TPSA) is 44.0 Å². The predicted molar refractivity (Wildman–Crippen MR) is 125 cm³/mol. The second-order valence-corrected chi connectivity index (χ2v) is 9.16. The van der Waals surface area contributed by atoms with Crippen LogP contribution in [0.2, 0.25) is 0 Å². The highest BCUT2D eigenvalue weighted by atomic mass is 79.9. The average Bonchev–Trinajstić information content (AvgIpc) is 3.19. The molecule has 28 heavy (non-hydrogen) atoms. The Labute approximate surface area is 179 Å². The average molecular weight is 501 g/mol. The number of aromatic amines is 2. The zero-order valence-electron chi connectivity index (χ0n) is 15.6. The fraction of sp³-hybridized carbons (Fsp3) is 0.182. The minimum Gasteiger partial charge on any atom is -0.488 e. The summed E-state index contributed by atoms with van der Waals surface area (Å²) in [6.45, 7) is 1.48. The molecule has 0 spiro atoms. The molecular weight excluding hydrogens is 482 g/mol. The molecule has 3 aromatic carbocycles. The van der Waals surface area contributed by atoms with Crippen LogP contribution in [0.4, 0.5) is 0 Å². The van der Waals surface area contributed by atoms with Crippen LogP contribution in [0.25, 0.3) is 43.6 Å². The molecule has 0 aliphatic rings. The third-order valence-electron chi connectivity index (χ3n) is 5.13.